The summed E-state index contributed by atoms with van der Waals surface area (Å²) in [5, 5.41) is 20.3. The van der Waals surface area contributed by atoms with Gasteiger partial charge in [-0.25, -0.2) is 0 Å². The molecule has 0 bridgehead atoms. The van der Waals surface area contributed by atoms with Crippen LogP contribution in [-0.2, 0) is 22.5 Å². The van der Waals surface area contributed by atoms with Crippen LogP contribution in [0.15, 0.2) is 53.1 Å². The number of hydrogen-bond acceptors (Lipinski definition) is 7. The highest BCUT2D eigenvalue weighted by atomic mass is 16.7. The molecular weight excluding hydrogens is 568 g/mol. The zero-order valence-corrected chi connectivity index (χ0v) is 28.3. The maximum Gasteiger partial charge on any atom is 0.184 e. The van der Waals surface area contributed by atoms with Crippen molar-refractivity contribution < 1.29 is 33.9 Å². The zero-order chi connectivity index (χ0) is 32.6. The van der Waals surface area contributed by atoms with E-state index in [2.05, 4.69) is 39.0 Å². The first-order chi connectivity index (χ1) is 21.6. The lowest BCUT2D eigenvalue weighted by molar-refractivity contribution is -0.161. The fourth-order valence-corrected chi connectivity index (χ4v) is 6.22. The molecule has 2 N–H and O–H groups in total. The molecule has 0 spiro atoms. The van der Waals surface area contributed by atoms with Crippen LogP contribution in [0.1, 0.15) is 99.8 Å². The first kappa shape index (κ1) is 34.6. The highest BCUT2D eigenvalue weighted by Crippen LogP contribution is 2.44. The van der Waals surface area contributed by atoms with E-state index >= 15 is 0 Å². The SMILES string of the molecule is COc1ccc(C2OCC(=CCC/C(C)=C/CC/C(C)=C/CC[C@]3(C)CCc4c(C)c(O)c(CO)c(C)c4O3)CO2)cc1OC. The Balaban J connectivity index is 1.17. The molecule has 246 valence electrons. The van der Waals surface area contributed by atoms with Crippen molar-refractivity contribution in [2.45, 2.75) is 104 Å². The number of aliphatic hydroxyl groups is 1. The van der Waals surface area contributed by atoms with Crippen molar-refractivity contribution in [2.75, 3.05) is 27.4 Å². The van der Waals surface area contributed by atoms with Crippen LogP contribution in [0.2, 0.25) is 0 Å². The molecule has 2 aliphatic rings. The van der Waals surface area contributed by atoms with Crippen LogP contribution < -0.4 is 14.2 Å². The maximum absolute atomic E-state index is 10.5. The molecule has 45 heavy (non-hydrogen) atoms. The highest BCUT2D eigenvalue weighted by Gasteiger charge is 2.34. The lowest BCUT2D eigenvalue weighted by Gasteiger charge is -2.38. The second-order valence-electron chi connectivity index (χ2n) is 12.7. The summed E-state index contributed by atoms with van der Waals surface area (Å²) in [5.41, 5.74) is 7.97. The maximum atomic E-state index is 10.5. The Morgan fingerprint density at radius 2 is 1.62 bits per heavy atom. The summed E-state index contributed by atoms with van der Waals surface area (Å²) in [4.78, 5) is 0. The predicted octanol–water partition coefficient (Wildman–Crippen LogP) is 8.51. The van der Waals surface area contributed by atoms with E-state index in [0.717, 1.165) is 79.4 Å². The molecule has 1 fully saturated rings. The number of phenols is 1. The number of fused-ring (bicyclic) bond motifs is 1. The van der Waals surface area contributed by atoms with Crippen LogP contribution >= 0.6 is 0 Å². The van der Waals surface area contributed by atoms with Gasteiger partial charge in [0.05, 0.1) is 34.0 Å². The van der Waals surface area contributed by atoms with Crippen molar-refractivity contribution >= 4 is 0 Å². The lowest BCUT2D eigenvalue weighted by atomic mass is 9.84. The first-order valence-corrected chi connectivity index (χ1v) is 16.2. The summed E-state index contributed by atoms with van der Waals surface area (Å²) in [7, 11) is 3.25. The predicted molar refractivity (Wildman–Crippen MR) is 178 cm³/mol. The molecule has 0 unspecified atom stereocenters. The second kappa shape index (κ2) is 15.8. The van der Waals surface area contributed by atoms with Crippen molar-refractivity contribution in [3.05, 3.63) is 81.0 Å². The summed E-state index contributed by atoms with van der Waals surface area (Å²) in [6, 6.07) is 5.72. The largest absolute Gasteiger partial charge is 0.507 e. The van der Waals surface area contributed by atoms with Gasteiger partial charge in [0, 0.05) is 22.3 Å². The minimum atomic E-state index is -0.404. The molecule has 2 aromatic carbocycles. The lowest BCUT2D eigenvalue weighted by Crippen LogP contribution is -2.37. The quantitative estimate of drug-likeness (QED) is 0.217. The number of aromatic hydroxyl groups is 1. The molecule has 2 heterocycles. The number of aliphatic hydroxyl groups excluding tert-OH is 1. The third kappa shape index (κ3) is 8.72. The van der Waals surface area contributed by atoms with Crippen LogP contribution in [0.4, 0.5) is 0 Å². The number of methoxy groups -OCH3 is 2. The van der Waals surface area contributed by atoms with Crippen molar-refractivity contribution in [1.82, 2.24) is 0 Å². The second-order valence-corrected chi connectivity index (χ2v) is 12.7. The van der Waals surface area contributed by atoms with Gasteiger partial charge in [-0.2, -0.15) is 0 Å². The van der Waals surface area contributed by atoms with Gasteiger partial charge in [0.25, 0.3) is 0 Å². The Morgan fingerprint density at radius 3 is 2.29 bits per heavy atom. The van der Waals surface area contributed by atoms with Crippen molar-refractivity contribution in [1.29, 1.82) is 0 Å². The topological polar surface area (TPSA) is 86.6 Å². The molecule has 0 aliphatic carbocycles. The molecule has 2 aromatic rings. The Hall–Kier alpha value is -3.26. The highest BCUT2D eigenvalue weighted by molar-refractivity contribution is 5.58. The molecule has 1 atom stereocenters. The average molecular weight is 621 g/mol. The van der Waals surface area contributed by atoms with Gasteiger partial charge in [-0.15, -0.1) is 0 Å². The molecule has 2 aliphatic heterocycles. The molecule has 0 amide bonds. The van der Waals surface area contributed by atoms with Crippen LogP contribution in [0.5, 0.6) is 23.0 Å². The molecule has 0 saturated carbocycles. The fourth-order valence-electron chi connectivity index (χ4n) is 6.22. The fraction of sp³-hybridized carbons (Fsp3) is 0.526. The molecule has 1 saturated heterocycles. The third-order valence-electron chi connectivity index (χ3n) is 9.26. The van der Waals surface area contributed by atoms with Gasteiger partial charge in [0.1, 0.15) is 17.1 Å². The summed E-state index contributed by atoms with van der Waals surface area (Å²) in [6.45, 7) is 11.4. The van der Waals surface area contributed by atoms with Gasteiger partial charge in [0.2, 0.25) is 0 Å². The van der Waals surface area contributed by atoms with E-state index in [-0.39, 0.29) is 18.0 Å². The van der Waals surface area contributed by atoms with Crippen LogP contribution in [0, 0.1) is 13.8 Å². The van der Waals surface area contributed by atoms with Crippen LogP contribution in [0.3, 0.4) is 0 Å². The number of hydrogen-bond donors (Lipinski definition) is 2. The van der Waals surface area contributed by atoms with E-state index in [9.17, 15) is 10.2 Å². The summed E-state index contributed by atoms with van der Waals surface area (Å²) < 4.78 is 29.2. The van der Waals surface area contributed by atoms with Crippen molar-refractivity contribution in [3.63, 3.8) is 0 Å². The minimum absolute atomic E-state index is 0.188. The average Bonchev–Trinajstić information content (AvgIpc) is 3.04. The molecule has 0 aromatic heterocycles. The van der Waals surface area contributed by atoms with Gasteiger partial charge in [-0.3, -0.25) is 0 Å². The third-order valence-corrected chi connectivity index (χ3v) is 9.26. The molecule has 7 nitrogen and oxygen atoms in total. The zero-order valence-electron chi connectivity index (χ0n) is 28.3. The Morgan fingerprint density at radius 1 is 0.956 bits per heavy atom. The van der Waals surface area contributed by atoms with Crippen LogP contribution in [0.25, 0.3) is 0 Å². The Kier molecular flexibility index (Phi) is 12.2. The van der Waals surface area contributed by atoms with Gasteiger partial charge in [0.15, 0.2) is 17.8 Å². The summed E-state index contributed by atoms with van der Waals surface area (Å²) in [6.07, 6.45) is 14.3. The van der Waals surface area contributed by atoms with E-state index in [4.69, 9.17) is 23.7 Å². The summed E-state index contributed by atoms with van der Waals surface area (Å²) >= 11 is 0. The van der Waals surface area contributed by atoms with E-state index in [1.165, 1.54) is 16.7 Å². The van der Waals surface area contributed by atoms with Gasteiger partial charge < -0.3 is 33.9 Å². The Bertz CT molecular complexity index is 1410. The van der Waals surface area contributed by atoms with E-state index < -0.39 is 6.29 Å². The smallest absolute Gasteiger partial charge is 0.184 e. The molecule has 4 rings (SSSR count). The van der Waals surface area contributed by atoms with E-state index in [0.29, 0.717) is 30.3 Å². The normalized spacial score (nSPS) is 20.4. The number of allylic oxidation sites excluding steroid dienone is 5. The Labute approximate surface area is 269 Å². The number of ether oxygens (including phenoxy) is 5. The van der Waals surface area contributed by atoms with Crippen molar-refractivity contribution in [2.24, 2.45) is 0 Å². The standard InChI is InChI=1S/C38H52O7/c1-25(13-9-15-29-23-43-37(44-24-29)30-16-17-33(41-6)34(21-30)42-7)11-8-12-26(2)14-10-19-38(5)20-18-31-27(3)35(40)32(22-39)28(4)36(31)45-38/h11,14-17,21,37,39-40H,8-10,12-13,18-20,22-24H2,1-7H3/b25-11+,26-14+,29-15?/t37?,38-/m1/s1. The number of benzene rings is 2. The van der Waals surface area contributed by atoms with Gasteiger partial charge >= 0.3 is 0 Å². The van der Waals surface area contributed by atoms with E-state index in [1.54, 1.807) is 14.2 Å². The molecule has 7 heteroatoms. The summed E-state index contributed by atoms with van der Waals surface area (Å²) in [5.74, 6) is 2.40. The molecule has 0 radical (unpaired) electrons. The first-order valence-electron chi connectivity index (χ1n) is 16.2. The van der Waals surface area contributed by atoms with Gasteiger partial charge in [-0.1, -0.05) is 35.4 Å². The van der Waals surface area contributed by atoms with E-state index in [1.807, 2.05) is 32.0 Å². The molecular formula is C38H52O7. The monoisotopic (exact) mass is 620 g/mol. The minimum Gasteiger partial charge on any atom is -0.507 e. The van der Waals surface area contributed by atoms with Gasteiger partial charge in [-0.05, 0) is 109 Å². The van der Waals surface area contributed by atoms with Crippen LogP contribution in [-0.4, -0.2) is 43.2 Å². The van der Waals surface area contributed by atoms with Crippen molar-refractivity contribution in [3.8, 4) is 23.0 Å². The number of rotatable bonds is 13.